The number of hydrogen-bond acceptors (Lipinski definition) is 4. The third kappa shape index (κ3) is 16.5. The molecule has 0 amide bonds. The van der Waals surface area contributed by atoms with E-state index in [0.717, 1.165) is 103 Å². The molecule has 0 unspecified atom stereocenters. The third-order valence-corrected chi connectivity index (χ3v) is 12.9. The summed E-state index contributed by atoms with van der Waals surface area (Å²) in [6, 6.07) is 14.4. The zero-order chi connectivity index (χ0) is 46.9. The molecule has 1 aromatic carbocycles. The molecular formula is C58H86N4O4+4. The van der Waals surface area contributed by atoms with Crippen LogP contribution < -0.4 is 18.3 Å². The van der Waals surface area contributed by atoms with E-state index < -0.39 is 0 Å². The highest BCUT2D eigenvalue weighted by Crippen LogP contribution is 2.42. The zero-order valence-corrected chi connectivity index (χ0v) is 41.5. The summed E-state index contributed by atoms with van der Waals surface area (Å²) >= 11 is 0. The molecule has 4 heterocycles. The first-order chi connectivity index (χ1) is 32.4. The van der Waals surface area contributed by atoms with Crippen LogP contribution in [-0.4, -0.2) is 46.9 Å². The van der Waals surface area contributed by atoms with Crippen molar-refractivity contribution in [2.24, 2.45) is 0 Å². The van der Waals surface area contributed by atoms with Crippen LogP contribution in [0.1, 0.15) is 153 Å². The van der Waals surface area contributed by atoms with Gasteiger partial charge in [-0.25, -0.2) is 18.3 Å². The molecule has 5 aromatic rings. The van der Waals surface area contributed by atoms with Crippen molar-refractivity contribution < 1.29 is 38.7 Å². The highest BCUT2D eigenvalue weighted by Gasteiger charge is 2.24. The minimum atomic E-state index is 0.156. The summed E-state index contributed by atoms with van der Waals surface area (Å²) in [6.07, 6.45) is 38.4. The Labute approximate surface area is 398 Å². The highest BCUT2D eigenvalue weighted by atomic mass is 16.3. The summed E-state index contributed by atoms with van der Waals surface area (Å²) in [7, 11) is 0. The van der Waals surface area contributed by atoms with E-state index in [0.29, 0.717) is 25.7 Å². The SMILES string of the molecule is CCCCC[n+]1cc(CCCO)cc(-c2cc(-c3cc(CCCO)c[n+](CCCCC)c3)c(-c3cc(CCCO)c[n+](CCCCC)c3)cc2-c2cc(CCCO)c[n+](CCCCC)c2)c1. The second-order valence-electron chi connectivity index (χ2n) is 18.8. The molecule has 0 fully saturated rings. The predicted molar refractivity (Wildman–Crippen MR) is 269 cm³/mol. The van der Waals surface area contributed by atoms with Crippen LogP contribution in [0.15, 0.2) is 86.0 Å². The monoisotopic (exact) mass is 903 g/mol. The molecule has 4 N–H and O–H groups in total. The number of nitrogens with zero attached hydrogens (tertiary/aromatic N) is 4. The van der Waals surface area contributed by atoms with Crippen LogP contribution in [-0.2, 0) is 51.9 Å². The number of hydrogen-bond donors (Lipinski definition) is 4. The molecule has 0 saturated heterocycles. The molecule has 8 nitrogen and oxygen atoms in total. The molecule has 8 heteroatoms. The molecule has 0 aliphatic rings. The number of aryl methyl sites for hydroxylation is 8. The second kappa shape index (κ2) is 29.4. The number of rotatable bonds is 32. The zero-order valence-electron chi connectivity index (χ0n) is 41.5. The smallest absolute Gasteiger partial charge is 0.176 e. The Morgan fingerprint density at radius 1 is 0.288 bits per heavy atom. The van der Waals surface area contributed by atoms with E-state index in [1.54, 1.807) is 0 Å². The van der Waals surface area contributed by atoms with Gasteiger partial charge in [-0.3, -0.25) is 0 Å². The van der Waals surface area contributed by atoms with Gasteiger partial charge in [-0.15, -0.1) is 0 Å². The van der Waals surface area contributed by atoms with Crippen molar-refractivity contribution in [3.05, 3.63) is 108 Å². The van der Waals surface area contributed by atoms with Crippen LogP contribution in [0, 0.1) is 0 Å². The van der Waals surface area contributed by atoms with Gasteiger partial charge in [-0.05, 0) is 136 Å². The fourth-order valence-electron chi connectivity index (χ4n) is 9.33. The summed E-state index contributed by atoms with van der Waals surface area (Å²) in [5, 5.41) is 40.0. The number of pyridine rings is 4. The first-order valence-electron chi connectivity index (χ1n) is 26.1. The fourth-order valence-corrected chi connectivity index (χ4v) is 9.33. The van der Waals surface area contributed by atoms with Gasteiger partial charge in [0.25, 0.3) is 0 Å². The summed E-state index contributed by atoms with van der Waals surface area (Å²) in [4.78, 5) is 0. The third-order valence-electron chi connectivity index (χ3n) is 12.9. The largest absolute Gasteiger partial charge is 0.396 e. The predicted octanol–water partition coefficient (Wildman–Crippen LogP) is 9.96. The van der Waals surface area contributed by atoms with Crippen molar-refractivity contribution in [3.8, 4) is 44.5 Å². The van der Waals surface area contributed by atoms with Crippen LogP contribution in [0.5, 0.6) is 0 Å². The quantitative estimate of drug-likeness (QED) is 0.0255. The molecule has 0 aliphatic heterocycles. The van der Waals surface area contributed by atoms with Crippen LogP contribution >= 0.6 is 0 Å². The molecule has 0 saturated carbocycles. The Morgan fingerprint density at radius 3 is 0.712 bits per heavy atom. The Morgan fingerprint density at radius 2 is 0.515 bits per heavy atom. The lowest BCUT2D eigenvalue weighted by Crippen LogP contribution is -2.34. The number of aliphatic hydroxyl groups is 4. The van der Waals surface area contributed by atoms with E-state index in [-0.39, 0.29) is 26.4 Å². The lowest BCUT2D eigenvalue weighted by Gasteiger charge is -2.18. The Hall–Kier alpha value is -4.34. The maximum atomic E-state index is 10.0. The molecule has 0 bridgehead atoms. The molecule has 0 spiro atoms. The number of unbranched alkanes of at least 4 members (excludes halogenated alkanes) is 8. The van der Waals surface area contributed by atoms with Gasteiger partial charge in [0.2, 0.25) is 0 Å². The first kappa shape index (κ1) is 52.6. The van der Waals surface area contributed by atoms with E-state index >= 15 is 0 Å². The lowest BCUT2D eigenvalue weighted by atomic mass is 9.85. The van der Waals surface area contributed by atoms with Gasteiger partial charge < -0.3 is 20.4 Å². The van der Waals surface area contributed by atoms with Crippen LogP contribution in [0.2, 0.25) is 0 Å². The number of aliphatic hydroxyl groups excluding tert-OH is 4. The maximum Gasteiger partial charge on any atom is 0.176 e. The molecule has 4 aromatic heterocycles. The van der Waals surface area contributed by atoms with Crippen LogP contribution in [0.25, 0.3) is 44.5 Å². The van der Waals surface area contributed by atoms with E-state index in [1.807, 2.05) is 0 Å². The minimum Gasteiger partial charge on any atom is -0.396 e. The lowest BCUT2D eigenvalue weighted by molar-refractivity contribution is -0.697. The van der Waals surface area contributed by atoms with Gasteiger partial charge in [0.1, 0.15) is 26.2 Å². The standard InChI is InChI=1S/C58H86N4O4/c1-5-9-13-25-59-39-47(21-17-29-63)33-51(43-59)55-37-57(53-35-49(23-19-31-65)41-61(45-53)27-15-11-7-3)58(54-36-50(24-20-32-66)42-62(46-54)28-16-12-8-4)38-56(55)52-34-48(22-18-30-64)40-60(44-52)26-14-10-6-2/h33-46,63-66H,5-32H2,1-4H3/q+4. The summed E-state index contributed by atoms with van der Waals surface area (Å²) in [5.41, 5.74) is 14.3. The molecule has 0 aliphatic carbocycles. The Balaban J connectivity index is 1.93. The number of benzene rings is 1. The molecule has 0 radical (unpaired) electrons. The maximum absolute atomic E-state index is 10.0. The Bertz CT molecular complexity index is 1900. The first-order valence-corrected chi connectivity index (χ1v) is 26.1. The fraction of sp³-hybridized carbons (Fsp3) is 0.552. The molecule has 0 atom stereocenters. The minimum absolute atomic E-state index is 0.156. The van der Waals surface area contributed by atoms with Gasteiger partial charge in [-0.1, -0.05) is 53.4 Å². The molecule has 5 rings (SSSR count). The van der Waals surface area contributed by atoms with Crippen LogP contribution in [0.3, 0.4) is 0 Å². The molecular weight excluding hydrogens is 817 g/mol. The van der Waals surface area contributed by atoms with Crippen molar-refractivity contribution in [2.45, 2.75) is 182 Å². The van der Waals surface area contributed by atoms with Crippen molar-refractivity contribution in [3.63, 3.8) is 0 Å². The Kier molecular flexibility index (Phi) is 23.5. The van der Waals surface area contributed by atoms with Crippen molar-refractivity contribution in [1.29, 1.82) is 0 Å². The van der Waals surface area contributed by atoms with E-state index in [9.17, 15) is 20.4 Å². The van der Waals surface area contributed by atoms with Gasteiger partial charge in [0.05, 0.1) is 0 Å². The van der Waals surface area contributed by atoms with Gasteiger partial charge >= 0.3 is 0 Å². The molecule has 66 heavy (non-hydrogen) atoms. The average Bonchev–Trinajstić information content (AvgIpc) is 3.33. The summed E-state index contributed by atoms with van der Waals surface area (Å²) in [6.45, 7) is 13.4. The average molecular weight is 903 g/mol. The van der Waals surface area contributed by atoms with Crippen molar-refractivity contribution >= 4 is 0 Å². The van der Waals surface area contributed by atoms with Gasteiger partial charge in [0.15, 0.2) is 49.6 Å². The van der Waals surface area contributed by atoms with Crippen molar-refractivity contribution in [2.75, 3.05) is 26.4 Å². The van der Waals surface area contributed by atoms with Gasteiger partial charge in [-0.2, -0.15) is 0 Å². The summed E-state index contributed by atoms with van der Waals surface area (Å²) < 4.78 is 9.55. The highest BCUT2D eigenvalue weighted by molar-refractivity contribution is 5.94. The molecule has 358 valence electrons. The second-order valence-corrected chi connectivity index (χ2v) is 18.8. The normalized spacial score (nSPS) is 11.5. The van der Waals surface area contributed by atoms with E-state index in [2.05, 4.69) is 132 Å². The van der Waals surface area contributed by atoms with Gasteiger partial charge in [0, 0.05) is 96.6 Å². The van der Waals surface area contributed by atoms with E-state index in [4.69, 9.17) is 0 Å². The van der Waals surface area contributed by atoms with Crippen LogP contribution in [0.4, 0.5) is 0 Å². The summed E-state index contributed by atoms with van der Waals surface area (Å²) in [5.74, 6) is 0. The topological polar surface area (TPSA) is 96.4 Å². The van der Waals surface area contributed by atoms with Crippen molar-refractivity contribution in [1.82, 2.24) is 0 Å². The number of aromatic nitrogens is 4. The van der Waals surface area contributed by atoms with E-state index in [1.165, 1.54) is 92.4 Å².